The molecule has 5 nitrogen and oxygen atoms in total. The molecule has 3 N–H and O–H groups in total. The minimum atomic E-state index is -0.101. The molecule has 0 bridgehead atoms. The molecule has 1 heterocycles. The van der Waals surface area contributed by atoms with E-state index in [1.54, 1.807) is 12.1 Å². The Morgan fingerprint density at radius 1 is 1.25 bits per heavy atom. The van der Waals surface area contributed by atoms with Crippen LogP contribution in [0, 0.1) is 6.92 Å². The molecule has 0 radical (unpaired) electrons. The molecule has 2 rings (SSSR count). The van der Waals surface area contributed by atoms with Crippen molar-refractivity contribution in [2.75, 3.05) is 17.2 Å². The maximum atomic E-state index is 12.1. The van der Waals surface area contributed by atoms with Crippen LogP contribution in [-0.2, 0) is 9.59 Å². The average molecular weight is 275 g/mol. The van der Waals surface area contributed by atoms with Gasteiger partial charge in [-0.2, -0.15) is 0 Å². The third kappa shape index (κ3) is 3.81. The fourth-order valence-electron chi connectivity index (χ4n) is 2.38. The Balaban J connectivity index is 2.00. The molecule has 0 aliphatic carbocycles. The first-order chi connectivity index (χ1) is 9.56. The molecule has 108 valence electrons. The lowest BCUT2D eigenvalue weighted by atomic mass is 10.0. The number of amides is 2. The Labute approximate surface area is 119 Å². The molecule has 0 saturated carbocycles. The summed E-state index contributed by atoms with van der Waals surface area (Å²) in [5.41, 5.74) is 2.45. The summed E-state index contributed by atoms with van der Waals surface area (Å²) in [5.74, 6) is -0.0901. The lowest BCUT2D eigenvalue weighted by Gasteiger charge is -2.22. The first kappa shape index (κ1) is 14.5. The molecule has 1 aliphatic rings. The third-order valence-corrected chi connectivity index (χ3v) is 3.43. The normalized spacial score (nSPS) is 18.4. The van der Waals surface area contributed by atoms with Crippen molar-refractivity contribution in [3.63, 3.8) is 0 Å². The van der Waals surface area contributed by atoms with E-state index >= 15 is 0 Å². The first-order valence-electron chi connectivity index (χ1n) is 6.99. The first-order valence-corrected chi connectivity index (χ1v) is 6.99. The summed E-state index contributed by atoms with van der Waals surface area (Å²) in [6.45, 7) is 4.28. The van der Waals surface area contributed by atoms with Gasteiger partial charge >= 0.3 is 0 Å². The summed E-state index contributed by atoms with van der Waals surface area (Å²) < 4.78 is 0. The van der Waals surface area contributed by atoms with Crippen molar-refractivity contribution < 1.29 is 9.59 Å². The zero-order chi connectivity index (χ0) is 14.5. The minimum absolute atomic E-state index is 0.0105. The zero-order valence-electron chi connectivity index (χ0n) is 12.0. The molecule has 2 amide bonds. The summed E-state index contributed by atoms with van der Waals surface area (Å²) >= 11 is 0. The number of rotatable bonds is 3. The van der Waals surface area contributed by atoms with Crippen molar-refractivity contribution in [1.29, 1.82) is 0 Å². The highest BCUT2D eigenvalue weighted by atomic mass is 16.2. The fourth-order valence-corrected chi connectivity index (χ4v) is 2.38. The quantitative estimate of drug-likeness (QED) is 0.790. The number of piperidine rings is 1. The van der Waals surface area contributed by atoms with Crippen molar-refractivity contribution >= 4 is 23.2 Å². The van der Waals surface area contributed by atoms with E-state index in [0.717, 1.165) is 42.7 Å². The largest absolute Gasteiger partial charge is 0.326 e. The number of hydrogen-bond acceptors (Lipinski definition) is 3. The Hall–Kier alpha value is -1.88. The lowest BCUT2D eigenvalue weighted by Crippen LogP contribution is -2.43. The standard InChI is InChI=1S/C15H21N3O2/c1-10-9-12(6-7-13(10)17-11(2)19)18-15(20)14-5-3-4-8-16-14/h6-7,9,14,16H,3-5,8H2,1-2H3,(H,17,19)(H,18,20). The number of anilines is 2. The van der Waals surface area contributed by atoms with Crippen LogP contribution in [0.3, 0.4) is 0 Å². The lowest BCUT2D eigenvalue weighted by molar-refractivity contribution is -0.118. The van der Waals surface area contributed by atoms with Crippen molar-refractivity contribution in [2.45, 2.75) is 39.2 Å². The van der Waals surface area contributed by atoms with Crippen molar-refractivity contribution in [3.05, 3.63) is 23.8 Å². The monoisotopic (exact) mass is 275 g/mol. The summed E-state index contributed by atoms with van der Waals surface area (Å²) in [4.78, 5) is 23.1. The minimum Gasteiger partial charge on any atom is -0.326 e. The van der Waals surface area contributed by atoms with Crippen LogP contribution < -0.4 is 16.0 Å². The topological polar surface area (TPSA) is 70.2 Å². The van der Waals surface area contributed by atoms with E-state index in [9.17, 15) is 9.59 Å². The average Bonchev–Trinajstić information content (AvgIpc) is 2.42. The van der Waals surface area contributed by atoms with E-state index in [-0.39, 0.29) is 17.9 Å². The van der Waals surface area contributed by atoms with Gasteiger partial charge in [-0.3, -0.25) is 9.59 Å². The van der Waals surface area contributed by atoms with E-state index in [1.807, 2.05) is 13.0 Å². The second-order valence-corrected chi connectivity index (χ2v) is 5.20. The second kappa shape index (κ2) is 6.52. The van der Waals surface area contributed by atoms with Gasteiger partial charge in [-0.1, -0.05) is 6.42 Å². The number of aryl methyl sites for hydroxylation is 1. The number of carbonyl (C=O) groups is 2. The smallest absolute Gasteiger partial charge is 0.241 e. The van der Waals surface area contributed by atoms with Gasteiger partial charge in [0.2, 0.25) is 11.8 Å². The predicted molar refractivity (Wildman–Crippen MR) is 79.8 cm³/mol. The maximum absolute atomic E-state index is 12.1. The molecule has 1 aromatic rings. The van der Waals surface area contributed by atoms with Crippen molar-refractivity contribution in [2.24, 2.45) is 0 Å². The molecule has 1 atom stereocenters. The van der Waals surface area contributed by atoms with Crippen LogP contribution in [0.5, 0.6) is 0 Å². The van der Waals surface area contributed by atoms with Gasteiger partial charge in [-0.05, 0) is 50.1 Å². The number of carbonyl (C=O) groups excluding carboxylic acids is 2. The van der Waals surface area contributed by atoms with Gasteiger partial charge < -0.3 is 16.0 Å². The molecule has 0 spiro atoms. The zero-order valence-corrected chi connectivity index (χ0v) is 12.0. The second-order valence-electron chi connectivity index (χ2n) is 5.20. The van der Waals surface area contributed by atoms with Crippen LogP contribution in [0.2, 0.25) is 0 Å². The van der Waals surface area contributed by atoms with Gasteiger partial charge in [0.15, 0.2) is 0 Å². The molecular weight excluding hydrogens is 254 g/mol. The van der Waals surface area contributed by atoms with Gasteiger partial charge in [0.25, 0.3) is 0 Å². The molecule has 20 heavy (non-hydrogen) atoms. The molecule has 1 aromatic carbocycles. The highest BCUT2D eigenvalue weighted by molar-refractivity contribution is 5.95. The highest BCUT2D eigenvalue weighted by Gasteiger charge is 2.20. The van der Waals surface area contributed by atoms with E-state index in [1.165, 1.54) is 6.92 Å². The molecule has 1 aliphatic heterocycles. The van der Waals surface area contributed by atoms with Gasteiger partial charge in [0.1, 0.15) is 0 Å². The van der Waals surface area contributed by atoms with E-state index in [0.29, 0.717) is 0 Å². The van der Waals surface area contributed by atoms with E-state index < -0.39 is 0 Å². The van der Waals surface area contributed by atoms with Crippen LogP contribution in [0.15, 0.2) is 18.2 Å². The number of hydrogen-bond donors (Lipinski definition) is 3. The highest BCUT2D eigenvalue weighted by Crippen LogP contribution is 2.20. The van der Waals surface area contributed by atoms with Crippen LogP contribution in [0.25, 0.3) is 0 Å². The summed E-state index contributed by atoms with van der Waals surface area (Å²) in [7, 11) is 0. The Morgan fingerprint density at radius 3 is 2.65 bits per heavy atom. The molecular formula is C15H21N3O2. The maximum Gasteiger partial charge on any atom is 0.241 e. The van der Waals surface area contributed by atoms with Crippen molar-refractivity contribution in [3.8, 4) is 0 Å². The van der Waals surface area contributed by atoms with Gasteiger partial charge in [-0.25, -0.2) is 0 Å². The van der Waals surface area contributed by atoms with Gasteiger partial charge in [-0.15, -0.1) is 0 Å². The fraction of sp³-hybridized carbons (Fsp3) is 0.467. The number of nitrogens with one attached hydrogen (secondary N) is 3. The van der Waals surface area contributed by atoms with E-state index in [2.05, 4.69) is 16.0 Å². The summed E-state index contributed by atoms with van der Waals surface area (Å²) in [6, 6.07) is 5.38. The molecule has 0 aromatic heterocycles. The predicted octanol–water partition coefficient (Wildman–Crippen LogP) is 2.03. The third-order valence-electron chi connectivity index (χ3n) is 3.43. The Bertz CT molecular complexity index is 508. The molecule has 1 unspecified atom stereocenters. The summed E-state index contributed by atoms with van der Waals surface area (Å²) in [5, 5.41) is 8.89. The summed E-state index contributed by atoms with van der Waals surface area (Å²) in [6.07, 6.45) is 3.11. The van der Waals surface area contributed by atoms with Gasteiger partial charge in [0.05, 0.1) is 6.04 Å². The number of benzene rings is 1. The Morgan fingerprint density at radius 2 is 2.05 bits per heavy atom. The molecule has 5 heteroatoms. The SMILES string of the molecule is CC(=O)Nc1ccc(NC(=O)C2CCCCN2)cc1C. The van der Waals surface area contributed by atoms with Crippen LogP contribution in [0.4, 0.5) is 11.4 Å². The molecule has 1 saturated heterocycles. The van der Waals surface area contributed by atoms with E-state index in [4.69, 9.17) is 0 Å². The Kier molecular flexibility index (Phi) is 4.74. The van der Waals surface area contributed by atoms with Crippen molar-refractivity contribution in [1.82, 2.24) is 5.32 Å². The van der Waals surface area contributed by atoms with Crippen LogP contribution in [0.1, 0.15) is 31.7 Å². The molecule has 1 fully saturated rings. The van der Waals surface area contributed by atoms with Gasteiger partial charge in [0, 0.05) is 18.3 Å². The van der Waals surface area contributed by atoms with Crippen LogP contribution in [-0.4, -0.2) is 24.4 Å². The van der Waals surface area contributed by atoms with Crippen LogP contribution >= 0.6 is 0 Å².